The number of nitrogens with one attached hydrogen (secondary N) is 2. The van der Waals surface area contributed by atoms with Gasteiger partial charge in [0.25, 0.3) is 11.8 Å². The summed E-state index contributed by atoms with van der Waals surface area (Å²) in [7, 11) is 1.58. The van der Waals surface area contributed by atoms with E-state index >= 15 is 0 Å². The molecule has 0 saturated heterocycles. The number of nitrogens with two attached hydrogens (primary N) is 1. The van der Waals surface area contributed by atoms with Crippen LogP contribution in [-0.4, -0.2) is 39.1 Å². The second-order valence-electron chi connectivity index (χ2n) is 5.00. The first kappa shape index (κ1) is 16.1. The molecule has 0 spiro atoms. The number of hydrogen-bond donors (Lipinski definition) is 3. The Morgan fingerprint density at radius 2 is 1.92 bits per heavy atom. The number of carbonyl (C=O) groups is 2. The fourth-order valence-corrected chi connectivity index (χ4v) is 2.13. The third-order valence-corrected chi connectivity index (χ3v) is 3.39. The van der Waals surface area contributed by atoms with Crippen LogP contribution in [0.4, 0.5) is 5.69 Å². The van der Waals surface area contributed by atoms with Crippen LogP contribution in [-0.2, 0) is 0 Å². The van der Waals surface area contributed by atoms with E-state index in [0.717, 1.165) is 5.56 Å². The van der Waals surface area contributed by atoms with Crippen molar-refractivity contribution < 1.29 is 14.3 Å². The summed E-state index contributed by atoms with van der Waals surface area (Å²) in [4.78, 5) is 31.9. The molecule has 0 bridgehead atoms. The Morgan fingerprint density at radius 1 is 1.16 bits per heavy atom. The summed E-state index contributed by atoms with van der Waals surface area (Å²) in [5.74, 6) is -0.554. The van der Waals surface area contributed by atoms with Gasteiger partial charge in [-0.3, -0.25) is 19.7 Å². The monoisotopic (exact) mass is 338 g/mol. The molecule has 0 aliphatic carbocycles. The van der Waals surface area contributed by atoms with Crippen molar-refractivity contribution >= 4 is 17.5 Å². The van der Waals surface area contributed by atoms with E-state index in [0.29, 0.717) is 11.4 Å². The number of amides is 2. The van der Waals surface area contributed by atoms with Gasteiger partial charge in [0, 0.05) is 5.56 Å². The second-order valence-corrected chi connectivity index (χ2v) is 5.00. The highest BCUT2D eigenvalue weighted by molar-refractivity contribution is 6.07. The Kier molecular flexibility index (Phi) is 4.38. The molecule has 9 heteroatoms. The molecule has 3 aromatic rings. The van der Waals surface area contributed by atoms with Crippen LogP contribution in [0.2, 0.25) is 0 Å². The number of ether oxygens (including phenoxy) is 1. The van der Waals surface area contributed by atoms with E-state index < -0.39 is 11.8 Å². The number of rotatable bonds is 5. The number of anilines is 1. The number of H-pyrrole nitrogens is 1. The summed E-state index contributed by atoms with van der Waals surface area (Å²) in [5.41, 5.74) is 6.77. The highest BCUT2D eigenvalue weighted by atomic mass is 16.5. The normalized spacial score (nSPS) is 10.3. The summed E-state index contributed by atoms with van der Waals surface area (Å²) in [6.45, 7) is 0. The van der Waals surface area contributed by atoms with Crippen molar-refractivity contribution in [3.63, 3.8) is 0 Å². The number of primary amides is 1. The molecule has 0 fully saturated rings. The van der Waals surface area contributed by atoms with Crippen molar-refractivity contribution in [1.29, 1.82) is 0 Å². The van der Waals surface area contributed by atoms with Crippen LogP contribution in [0.3, 0.4) is 0 Å². The van der Waals surface area contributed by atoms with E-state index in [1.54, 1.807) is 25.4 Å². The zero-order chi connectivity index (χ0) is 17.8. The topological polar surface area (TPSA) is 136 Å². The first-order chi connectivity index (χ1) is 12.1. The average Bonchev–Trinajstić information content (AvgIpc) is 3.10. The SMILES string of the molecule is COc1ccc(-c2cncc(C(=O)Nc3cn[nH]c3C(N)=O)n2)cc1. The van der Waals surface area contributed by atoms with E-state index in [4.69, 9.17) is 10.5 Å². The van der Waals surface area contributed by atoms with Crippen molar-refractivity contribution in [2.45, 2.75) is 0 Å². The van der Waals surface area contributed by atoms with Crippen LogP contribution in [0.25, 0.3) is 11.3 Å². The first-order valence-corrected chi connectivity index (χ1v) is 7.19. The lowest BCUT2D eigenvalue weighted by atomic mass is 10.1. The second kappa shape index (κ2) is 6.79. The fraction of sp³-hybridized carbons (Fsp3) is 0.0625. The van der Waals surface area contributed by atoms with Crippen LogP contribution in [0.15, 0.2) is 42.9 Å². The number of carbonyl (C=O) groups excluding carboxylic acids is 2. The van der Waals surface area contributed by atoms with Gasteiger partial charge in [0.2, 0.25) is 0 Å². The van der Waals surface area contributed by atoms with Crippen molar-refractivity contribution in [3.05, 3.63) is 54.2 Å². The molecule has 0 atom stereocenters. The molecule has 1 aromatic carbocycles. The molecule has 25 heavy (non-hydrogen) atoms. The average molecular weight is 338 g/mol. The number of nitrogens with zero attached hydrogens (tertiary/aromatic N) is 3. The maximum absolute atomic E-state index is 12.3. The minimum Gasteiger partial charge on any atom is -0.497 e. The Hall–Kier alpha value is -3.75. The number of hydrogen-bond acceptors (Lipinski definition) is 6. The zero-order valence-corrected chi connectivity index (χ0v) is 13.2. The molecule has 3 rings (SSSR count). The Morgan fingerprint density at radius 3 is 2.60 bits per heavy atom. The van der Waals surface area contributed by atoms with Gasteiger partial charge in [-0.05, 0) is 24.3 Å². The molecular weight excluding hydrogens is 324 g/mol. The predicted octanol–water partition coefficient (Wildman–Crippen LogP) is 1.23. The van der Waals surface area contributed by atoms with Crippen LogP contribution < -0.4 is 15.8 Å². The van der Waals surface area contributed by atoms with Crippen LogP contribution >= 0.6 is 0 Å². The number of aromatic amines is 1. The number of benzene rings is 1. The van der Waals surface area contributed by atoms with Gasteiger partial charge in [0.1, 0.15) is 17.1 Å². The van der Waals surface area contributed by atoms with E-state index in [9.17, 15) is 9.59 Å². The smallest absolute Gasteiger partial charge is 0.275 e. The van der Waals surface area contributed by atoms with E-state index in [1.165, 1.54) is 12.4 Å². The molecule has 2 amide bonds. The molecule has 0 radical (unpaired) electrons. The third-order valence-electron chi connectivity index (χ3n) is 3.39. The fourth-order valence-electron chi connectivity index (χ4n) is 2.13. The highest BCUT2D eigenvalue weighted by Gasteiger charge is 2.16. The summed E-state index contributed by atoms with van der Waals surface area (Å²) in [6, 6.07) is 7.19. The summed E-state index contributed by atoms with van der Waals surface area (Å²) >= 11 is 0. The Balaban J connectivity index is 1.84. The zero-order valence-electron chi connectivity index (χ0n) is 13.2. The predicted molar refractivity (Wildman–Crippen MR) is 89.1 cm³/mol. The largest absolute Gasteiger partial charge is 0.497 e. The van der Waals surface area contributed by atoms with E-state index in [1.807, 2.05) is 12.1 Å². The van der Waals surface area contributed by atoms with Gasteiger partial charge < -0.3 is 15.8 Å². The standard InChI is InChI=1S/C16H14N6O3/c1-25-10-4-2-9(3-5-10)11-6-18-7-13(20-11)16(24)21-12-8-19-22-14(12)15(17)23/h2-8H,1H3,(H2,17,23)(H,19,22)(H,21,24). The van der Waals surface area contributed by atoms with Gasteiger partial charge in [0.05, 0.1) is 37.1 Å². The molecule has 0 saturated carbocycles. The molecule has 2 aromatic heterocycles. The van der Waals surface area contributed by atoms with Crippen molar-refractivity contribution in [1.82, 2.24) is 20.2 Å². The molecule has 126 valence electrons. The molecule has 2 heterocycles. The first-order valence-electron chi connectivity index (χ1n) is 7.19. The van der Waals surface area contributed by atoms with E-state index in [2.05, 4.69) is 25.5 Å². The Labute approximate surface area is 142 Å². The van der Waals surface area contributed by atoms with Gasteiger partial charge in [-0.1, -0.05) is 0 Å². The lowest BCUT2D eigenvalue weighted by Crippen LogP contribution is -2.18. The minimum atomic E-state index is -0.731. The van der Waals surface area contributed by atoms with Gasteiger partial charge in [-0.2, -0.15) is 5.10 Å². The summed E-state index contributed by atoms with van der Waals surface area (Å²) < 4.78 is 5.11. The lowest BCUT2D eigenvalue weighted by Gasteiger charge is -2.06. The van der Waals surface area contributed by atoms with Crippen LogP contribution in [0, 0.1) is 0 Å². The maximum atomic E-state index is 12.3. The molecule has 0 unspecified atom stereocenters. The molecule has 4 N–H and O–H groups in total. The molecule has 0 aliphatic rings. The maximum Gasteiger partial charge on any atom is 0.275 e. The summed E-state index contributed by atoms with van der Waals surface area (Å²) in [6.07, 6.45) is 4.16. The van der Waals surface area contributed by atoms with Gasteiger partial charge in [0.15, 0.2) is 0 Å². The molecule has 9 nitrogen and oxygen atoms in total. The quantitative estimate of drug-likeness (QED) is 0.640. The van der Waals surface area contributed by atoms with Crippen molar-refractivity contribution in [2.75, 3.05) is 12.4 Å². The highest BCUT2D eigenvalue weighted by Crippen LogP contribution is 2.20. The Bertz CT molecular complexity index is 920. The lowest BCUT2D eigenvalue weighted by molar-refractivity contribution is 0.0996. The minimum absolute atomic E-state index is 0.00705. The van der Waals surface area contributed by atoms with E-state index in [-0.39, 0.29) is 17.1 Å². The van der Waals surface area contributed by atoms with Gasteiger partial charge >= 0.3 is 0 Å². The molecular formula is C16H14N6O3. The van der Waals surface area contributed by atoms with Crippen LogP contribution in [0.5, 0.6) is 5.75 Å². The van der Waals surface area contributed by atoms with Crippen molar-refractivity contribution in [3.8, 4) is 17.0 Å². The van der Waals surface area contributed by atoms with Crippen LogP contribution in [0.1, 0.15) is 21.0 Å². The van der Waals surface area contributed by atoms with Gasteiger partial charge in [-0.25, -0.2) is 4.98 Å². The van der Waals surface area contributed by atoms with Crippen molar-refractivity contribution in [2.24, 2.45) is 5.73 Å². The number of methoxy groups -OCH3 is 1. The number of aromatic nitrogens is 4. The molecule has 0 aliphatic heterocycles. The summed E-state index contributed by atoms with van der Waals surface area (Å²) in [5, 5.41) is 8.64. The third kappa shape index (κ3) is 3.44. The van der Waals surface area contributed by atoms with Gasteiger partial charge in [-0.15, -0.1) is 0 Å².